The third-order valence-corrected chi connectivity index (χ3v) is 16.6. The van der Waals surface area contributed by atoms with Crippen LogP contribution in [0.2, 0.25) is 0 Å². The molecule has 0 saturated carbocycles. The van der Waals surface area contributed by atoms with Gasteiger partial charge in [-0.05, 0) is 57.8 Å². The maximum absolute atomic E-state index is 12.9. The van der Waals surface area contributed by atoms with Crippen molar-refractivity contribution in [2.75, 3.05) is 13.2 Å². The molecule has 0 amide bonds. The number of unbranched alkanes of at least 4 members (excludes halogenated alkanes) is 51. The molecule has 0 aromatic rings. The Balaban J connectivity index is 4.01. The van der Waals surface area contributed by atoms with Crippen LogP contribution in [0.3, 0.4) is 0 Å². The highest BCUT2D eigenvalue weighted by Gasteiger charge is 2.19. The highest BCUT2D eigenvalue weighted by atomic mass is 16.6. The number of allylic oxidation sites excluding steroid dienone is 6. The first-order chi connectivity index (χ1) is 40.0. The lowest BCUT2D eigenvalue weighted by atomic mass is 10.0. The van der Waals surface area contributed by atoms with Gasteiger partial charge in [-0.15, -0.1) is 0 Å². The average Bonchev–Trinajstić information content (AvgIpc) is 3.47. The van der Waals surface area contributed by atoms with Crippen LogP contribution in [-0.4, -0.2) is 37.2 Å². The molecule has 0 aliphatic heterocycles. The fraction of sp³-hybridized carbons (Fsp3) is 0.880. The van der Waals surface area contributed by atoms with Crippen molar-refractivity contribution in [3.05, 3.63) is 36.5 Å². The molecule has 1 unspecified atom stereocenters. The maximum atomic E-state index is 12.9. The Morgan fingerprint density at radius 1 is 0.247 bits per heavy atom. The van der Waals surface area contributed by atoms with Crippen molar-refractivity contribution < 1.29 is 28.6 Å². The second-order valence-electron chi connectivity index (χ2n) is 24.9. The second kappa shape index (κ2) is 70.1. The second-order valence-corrected chi connectivity index (χ2v) is 24.9. The normalized spacial score (nSPS) is 12.2. The Labute approximate surface area is 506 Å². The molecule has 0 rings (SSSR count). The number of hydrogen-bond acceptors (Lipinski definition) is 6. The van der Waals surface area contributed by atoms with Crippen LogP contribution in [0.1, 0.15) is 406 Å². The molecule has 0 aromatic heterocycles. The van der Waals surface area contributed by atoms with Gasteiger partial charge in [-0.1, -0.05) is 365 Å². The van der Waals surface area contributed by atoms with Gasteiger partial charge >= 0.3 is 17.9 Å². The van der Waals surface area contributed by atoms with Gasteiger partial charge in [0.2, 0.25) is 0 Å². The summed E-state index contributed by atoms with van der Waals surface area (Å²) in [5.74, 6) is -0.839. The molecule has 81 heavy (non-hydrogen) atoms. The molecule has 0 heterocycles. The summed E-state index contributed by atoms with van der Waals surface area (Å²) < 4.78 is 16.9. The minimum absolute atomic E-state index is 0.0650. The van der Waals surface area contributed by atoms with Gasteiger partial charge in [-0.3, -0.25) is 14.4 Å². The van der Waals surface area contributed by atoms with E-state index in [2.05, 4.69) is 57.2 Å². The molecule has 0 bridgehead atoms. The summed E-state index contributed by atoms with van der Waals surface area (Å²) in [6, 6.07) is 0. The molecule has 0 fully saturated rings. The van der Waals surface area contributed by atoms with E-state index in [9.17, 15) is 14.4 Å². The molecule has 476 valence electrons. The van der Waals surface area contributed by atoms with Crippen LogP contribution in [0.25, 0.3) is 0 Å². The fourth-order valence-electron chi connectivity index (χ4n) is 11.2. The summed E-state index contributed by atoms with van der Waals surface area (Å²) in [7, 11) is 0. The topological polar surface area (TPSA) is 78.9 Å². The van der Waals surface area contributed by atoms with E-state index in [1.807, 2.05) is 0 Å². The highest BCUT2D eigenvalue weighted by molar-refractivity contribution is 5.71. The van der Waals surface area contributed by atoms with Crippen molar-refractivity contribution >= 4 is 17.9 Å². The van der Waals surface area contributed by atoms with E-state index >= 15 is 0 Å². The van der Waals surface area contributed by atoms with Crippen LogP contribution in [0.15, 0.2) is 36.5 Å². The predicted molar refractivity (Wildman–Crippen MR) is 353 cm³/mol. The minimum Gasteiger partial charge on any atom is -0.462 e. The summed E-state index contributed by atoms with van der Waals surface area (Å²) in [6.45, 7) is 6.67. The van der Waals surface area contributed by atoms with Crippen LogP contribution >= 0.6 is 0 Å². The number of carbonyl (C=O) groups excluding carboxylic acids is 3. The first-order valence-electron chi connectivity index (χ1n) is 36.5. The van der Waals surface area contributed by atoms with Crippen LogP contribution in [0, 0.1) is 0 Å². The minimum atomic E-state index is -0.766. The van der Waals surface area contributed by atoms with Crippen LogP contribution in [0.5, 0.6) is 0 Å². The standard InChI is InChI=1S/C75H140O6/c1-4-7-10-13-16-19-21-23-25-27-29-31-33-34-35-36-37-38-39-40-41-42-43-45-46-48-50-52-54-56-59-62-65-68-74(77)80-71-72(70-79-73(76)67-64-61-58-18-15-12-9-6-3)81-75(78)69-66-63-60-57-55-53-51-49-47-44-32-30-28-26-24-22-20-17-14-11-8-5-2/h21,23,27,29,33-34,72H,4-20,22,24-26,28,30-32,35-71H2,1-3H3/b23-21-,29-27-,34-33-. The van der Waals surface area contributed by atoms with Crippen molar-refractivity contribution in [3.63, 3.8) is 0 Å². The summed E-state index contributed by atoms with van der Waals surface area (Å²) in [6.07, 6.45) is 87.8. The molecule has 0 aliphatic rings. The first kappa shape index (κ1) is 78.6. The summed E-state index contributed by atoms with van der Waals surface area (Å²) in [5.41, 5.74) is 0. The third kappa shape index (κ3) is 68.3. The number of esters is 3. The number of carbonyl (C=O) groups is 3. The van der Waals surface area contributed by atoms with Gasteiger partial charge in [-0.25, -0.2) is 0 Å². The van der Waals surface area contributed by atoms with Crippen molar-refractivity contribution in [1.82, 2.24) is 0 Å². The average molecular weight is 1140 g/mol. The van der Waals surface area contributed by atoms with Gasteiger partial charge in [0.15, 0.2) is 6.10 Å². The zero-order chi connectivity index (χ0) is 58.5. The smallest absolute Gasteiger partial charge is 0.306 e. The van der Waals surface area contributed by atoms with E-state index in [4.69, 9.17) is 14.2 Å². The molecule has 0 aromatic carbocycles. The van der Waals surface area contributed by atoms with Crippen LogP contribution in [0.4, 0.5) is 0 Å². The van der Waals surface area contributed by atoms with Gasteiger partial charge in [0.25, 0.3) is 0 Å². The molecule has 0 N–H and O–H groups in total. The van der Waals surface area contributed by atoms with E-state index in [-0.39, 0.29) is 31.1 Å². The van der Waals surface area contributed by atoms with Crippen molar-refractivity contribution in [2.24, 2.45) is 0 Å². The molecule has 0 spiro atoms. The highest BCUT2D eigenvalue weighted by Crippen LogP contribution is 2.19. The first-order valence-corrected chi connectivity index (χ1v) is 36.5. The van der Waals surface area contributed by atoms with E-state index < -0.39 is 6.10 Å². The molecule has 6 nitrogen and oxygen atoms in total. The molecule has 0 radical (unpaired) electrons. The molecule has 1 atom stereocenters. The van der Waals surface area contributed by atoms with Crippen LogP contribution in [-0.2, 0) is 28.6 Å². The van der Waals surface area contributed by atoms with E-state index in [0.29, 0.717) is 19.3 Å². The molecule has 0 saturated heterocycles. The lowest BCUT2D eigenvalue weighted by Crippen LogP contribution is -2.30. The van der Waals surface area contributed by atoms with Gasteiger partial charge in [0, 0.05) is 19.3 Å². The van der Waals surface area contributed by atoms with E-state index in [1.54, 1.807) is 0 Å². The SMILES string of the molecule is CCCCCCC/C=C\C/C=C\C/C=C\CCCCCCCCCCCCCCCCCCCCC(=O)OCC(COC(=O)CCCCCCCCCC)OC(=O)CCCCCCCCCCCCCCCCCCCCCCCC. The maximum Gasteiger partial charge on any atom is 0.306 e. The van der Waals surface area contributed by atoms with Crippen molar-refractivity contribution in [1.29, 1.82) is 0 Å². The van der Waals surface area contributed by atoms with Crippen LogP contribution < -0.4 is 0 Å². The Morgan fingerprint density at radius 2 is 0.444 bits per heavy atom. The Bertz CT molecular complexity index is 1350. The van der Waals surface area contributed by atoms with Crippen molar-refractivity contribution in [2.45, 2.75) is 412 Å². The van der Waals surface area contributed by atoms with Gasteiger partial charge in [0.1, 0.15) is 13.2 Å². The van der Waals surface area contributed by atoms with Gasteiger partial charge in [0.05, 0.1) is 0 Å². The molecule has 0 aliphatic carbocycles. The third-order valence-electron chi connectivity index (χ3n) is 16.6. The van der Waals surface area contributed by atoms with Gasteiger partial charge in [-0.2, -0.15) is 0 Å². The predicted octanol–water partition coefficient (Wildman–Crippen LogP) is 25.1. The lowest BCUT2D eigenvalue weighted by molar-refractivity contribution is -0.167. The number of rotatable bonds is 68. The van der Waals surface area contributed by atoms with E-state index in [1.165, 1.54) is 295 Å². The summed E-state index contributed by atoms with van der Waals surface area (Å²) in [5, 5.41) is 0. The summed E-state index contributed by atoms with van der Waals surface area (Å²) in [4.78, 5) is 38.2. The Kier molecular flexibility index (Phi) is 68.1. The number of ether oxygens (including phenoxy) is 3. The quantitative estimate of drug-likeness (QED) is 0.0261. The molecular weight excluding hydrogens is 997 g/mol. The molecular formula is C75H140O6. The van der Waals surface area contributed by atoms with E-state index in [0.717, 1.165) is 70.6 Å². The monoisotopic (exact) mass is 1140 g/mol. The largest absolute Gasteiger partial charge is 0.462 e. The molecule has 6 heteroatoms. The Morgan fingerprint density at radius 3 is 0.691 bits per heavy atom. The van der Waals surface area contributed by atoms with Gasteiger partial charge < -0.3 is 14.2 Å². The number of hydrogen-bond donors (Lipinski definition) is 0. The fourth-order valence-corrected chi connectivity index (χ4v) is 11.2. The zero-order valence-electron chi connectivity index (χ0n) is 54.8. The Hall–Kier alpha value is -2.37. The lowest BCUT2D eigenvalue weighted by Gasteiger charge is -2.18. The van der Waals surface area contributed by atoms with Crippen molar-refractivity contribution in [3.8, 4) is 0 Å². The zero-order valence-corrected chi connectivity index (χ0v) is 54.8. The summed E-state index contributed by atoms with van der Waals surface area (Å²) >= 11 is 0.